The summed E-state index contributed by atoms with van der Waals surface area (Å²) in [7, 11) is 0. The zero-order valence-corrected chi connectivity index (χ0v) is 28.0. The first-order valence-electron chi connectivity index (χ1n) is 17.8. The van der Waals surface area contributed by atoms with Crippen molar-refractivity contribution in [2.24, 2.45) is 0 Å². The van der Waals surface area contributed by atoms with Crippen LogP contribution in [0.1, 0.15) is 11.3 Å². The summed E-state index contributed by atoms with van der Waals surface area (Å²) < 4.78 is 7.25. The number of allylic oxidation sites excluding steroid dienone is 2. The zero-order chi connectivity index (χ0) is 33.9. The summed E-state index contributed by atoms with van der Waals surface area (Å²) in [6.45, 7) is 0. The number of fused-ring (bicyclic) bond motifs is 12. The van der Waals surface area contributed by atoms with Crippen molar-refractivity contribution in [3.8, 4) is 17.1 Å². The summed E-state index contributed by atoms with van der Waals surface area (Å²) in [5.74, 6) is 0. The Labute approximate surface area is 298 Å². The van der Waals surface area contributed by atoms with E-state index in [9.17, 15) is 0 Å². The summed E-state index contributed by atoms with van der Waals surface area (Å²) in [6.07, 6.45) is 9.62. The number of nitrogens with one attached hydrogen (secondary N) is 1. The second-order valence-corrected chi connectivity index (χ2v) is 13.8. The summed E-state index contributed by atoms with van der Waals surface area (Å²) in [6, 6.07) is 55.5. The van der Waals surface area contributed by atoms with Crippen molar-refractivity contribution in [1.82, 2.24) is 18.7 Å². The second kappa shape index (κ2) is 10.2. The molecule has 1 N–H and O–H groups in total. The monoisotopic (exact) mass is 661 g/mol. The van der Waals surface area contributed by atoms with E-state index in [1.165, 1.54) is 76.5 Å². The maximum absolute atomic E-state index is 3.61. The van der Waals surface area contributed by atoms with Crippen molar-refractivity contribution in [3.63, 3.8) is 0 Å². The first-order valence-corrected chi connectivity index (χ1v) is 17.8. The fourth-order valence-corrected chi connectivity index (χ4v) is 8.87. The Morgan fingerprint density at radius 1 is 0.385 bits per heavy atom. The lowest BCUT2D eigenvalue weighted by molar-refractivity contribution is 1.10. The highest BCUT2D eigenvalue weighted by molar-refractivity contribution is 6.14. The molecule has 4 heterocycles. The lowest BCUT2D eigenvalue weighted by Gasteiger charge is -2.11. The minimum atomic E-state index is 1.14. The molecule has 1 aliphatic carbocycles. The van der Waals surface area contributed by atoms with Crippen LogP contribution in [0.15, 0.2) is 158 Å². The van der Waals surface area contributed by atoms with E-state index in [2.05, 4.69) is 189 Å². The molecule has 0 bridgehead atoms. The van der Waals surface area contributed by atoms with Crippen molar-refractivity contribution >= 4 is 88.5 Å². The van der Waals surface area contributed by atoms with Gasteiger partial charge in [-0.2, -0.15) is 0 Å². The van der Waals surface area contributed by atoms with Crippen molar-refractivity contribution in [2.75, 3.05) is 0 Å². The summed E-state index contributed by atoms with van der Waals surface area (Å²) >= 11 is 0. The Hall–Kier alpha value is -7.13. The van der Waals surface area contributed by atoms with Gasteiger partial charge in [0.15, 0.2) is 5.69 Å². The number of para-hydroxylation sites is 4. The normalized spacial score (nSPS) is 12.7. The number of hydrogen-bond donors (Lipinski definition) is 1. The van der Waals surface area contributed by atoms with Crippen LogP contribution in [-0.4, -0.2) is 18.7 Å². The number of aromatic amines is 1. The lowest BCUT2D eigenvalue weighted by Crippen LogP contribution is -1.98. The minimum Gasteiger partial charge on any atom is -0.355 e. The molecule has 4 nitrogen and oxygen atoms in total. The molecule has 11 aromatic rings. The van der Waals surface area contributed by atoms with E-state index in [4.69, 9.17) is 0 Å². The van der Waals surface area contributed by atoms with Crippen molar-refractivity contribution in [3.05, 3.63) is 175 Å². The molecule has 0 atom stereocenters. The molecule has 4 heteroatoms. The van der Waals surface area contributed by atoms with Crippen molar-refractivity contribution in [1.29, 1.82) is 0 Å². The van der Waals surface area contributed by atoms with Crippen LogP contribution in [0, 0.1) is 6.08 Å². The molecule has 7 aromatic carbocycles. The Balaban J connectivity index is 1.17. The molecule has 12 rings (SSSR count). The molecule has 0 saturated carbocycles. The van der Waals surface area contributed by atoms with Gasteiger partial charge in [-0.05, 0) is 84.9 Å². The molecule has 0 saturated heterocycles. The van der Waals surface area contributed by atoms with E-state index >= 15 is 0 Å². The van der Waals surface area contributed by atoms with Gasteiger partial charge in [0.05, 0.1) is 39.0 Å². The largest absolute Gasteiger partial charge is 0.355 e. The lowest BCUT2D eigenvalue weighted by atomic mass is 10.1. The third-order valence-electron chi connectivity index (χ3n) is 11.1. The predicted octanol–water partition coefficient (Wildman–Crippen LogP) is 12.3. The van der Waals surface area contributed by atoms with Crippen LogP contribution in [0.5, 0.6) is 0 Å². The van der Waals surface area contributed by atoms with E-state index in [1.807, 2.05) is 6.08 Å². The van der Waals surface area contributed by atoms with Crippen LogP contribution in [0.2, 0.25) is 0 Å². The molecule has 0 spiro atoms. The number of H-pyrrole nitrogens is 1. The standard InChI is InChI=1S/C48H29N4/c1-6-16-41-33(11-1)38-27-30(21-24-42(38)49-41)52-47-25-22-31(50-43-17-7-2-12-34(43)35-13-3-8-18-44(35)50)28-39(47)40-29-32(23-26-48(40)52)51-45-19-9-4-14-36(45)37-15-5-10-20-46(37)51/h1-4,6-29,49H/q+1. The fraction of sp³-hybridized carbons (Fsp3) is 0. The Kier molecular flexibility index (Phi) is 5.43. The average molecular weight is 662 g/mol. The van der Waals surface area contributed by atoms with Crippen molar-refractivity contribution in [2.45, 2.75) is 0 Å². The van der Waals surface area contributed by atoms with Gasteiger partial charge < -0.3 is 14.1 Å². The quantitative estimate of drug-likeness (QED) is 0.183. The maximum Gasteiger partial charge on any atom is 0.168 e. The Morgan fingerprint density at radius 2 is 0.865 bits per heavy atom. The predicted molar refractivity (Wildman–Crippen MR) is 218 cm³/mol. The first-order chi connectivity index (χ1) is 25.8. The highest BCUT2D eigenvalue weighted by atomic mass is 15.0. The van der Waals surface area contributed by atoms with Crippen LogP contribution < -0.4 is 0 Å². The van der Waals surface area contributed by atoms with Crippen LogP contribution in [0.4, 0.5) is 0 Å². The minimum absolute atomic E-state index is 1.14. The fourth-order valence-electron chi connectivity index (χ4n) is 8.87. The van der Waals surface area contributed by atoms with Gasteiger partial charge in [-0.1, -0.05) is 66.7 Å². The molecule has 0 fully saturated rings. The van der Waals surface area contributed by atoms with E-state index < -0.39 is 0 Å². The molecule has 0 aliphatic heterocycles. The smallest absolute Gasteiger partial charge is 0.168 e. The highest BCUT2D eigenvalue weighted by Gasteiger charge is 2.24. The van der Waals surface area contributed by atoms with Gasteiger partial charge in [0, 0.05) is 66.5 Å². The molecule has 0 unspecified atom stereocenters. The van der Waals surface area contributed by atoms with Crippen LogP contribution in [0.25, 0.3) is 106 Å². The van der Waals surface area contributed by atoms with Crippen LogP contribution >= 0.6 is 0 Å². The number of hydrogen-bond acceptors (Lipinski definition) is 0. The Morgan fingerprint density at radius 3 is 1.54 bits per heavy atom. The van der Waals surface area contributed by atoms with Crippen molar-refractivity contribution < 1.29 is 0 Å². The second-order valence-electron chi connectivity index (χ2n) is 13.8. The average Bonchev–Trinajstić information content (AvgIpc) is 3.93. The van der Waals surface area contributed by atoms with Gasteiger partial charge in [0.25, 0.3) is 0 Å². The van der Waals surface area contributed by atoms with Gasteiger partial charge >= 0.3 is 0 Å². The van der Waals surface area contributed by atoms with Gasteiger partial charge in [0.2, 0.25) is 0 Å². The zero-order valence-electron chi connectivity index (χ0n) is 28.0. The highest BCUT2D eigenvalue weighted by Crippen LogP contribution is 2.40. The number of benzene rings is 7. The number of nitrogens with zero attached hydrogens (tertiary/aromatic N) is 3. The molecule has 1 aliphatic rings. The van der Waals surface area contributed by atoms with E-state index in [0.29, 0.717) is 0 Å². The van der Waals surface area contributed by atoms with Gasteiger partial charge in [-0.25, -0.2) is 0 Å². The van der Waals surface area contributed by atoms with E-state index in [1.54, 1.807) is 0 Å². The third-order valence-corrected chi connectivity index (χ3v) is 11.1. The molecule has 0 amide bonds. The van der Waals surface area contributed by atoms with Gasteiger partial charge in [-0.15, -0.1) is 0 Å². The molecule has 240 valence electrons. The number of rotatable bonds is 3. The topological polar surface area (TPSA) is 30.6 Å². The van der Waals surface area contributed by atoms with E-state index in [-0.39, 0.29) is 0 Å². The van der Waals surface area contributed by atoms with Gasteiger partial charge in [0.1, 0.15) is 17.7 Å². The molecule has 4 aromatic heterocycles. The van der Waals surface area contributed by atoms with E-state index in [0.717, 1.165) is 28.1 Å². The third kappa shape index (κ3) is 3.68. The number of aromatic nitrogens is 4. The molecule has 0 radical (unpaired) electrons. The Bertz CT molecular complexity index is 3300. The van der Waals surface area contributed by atoms with Crippen LogP contribution in [-0.2, 0) is 0 Å². The first kappa shape index (κ1) is 27.7. The van der Waals surface area contributed by atoms with Gasteiger partial charge in [-0.3, -0.25) is 4.57 Å². The molecular formula is C48H29N4+. The molecule has 52 heavy (non-hydrogen) atoms. The SMILES string of the molecule is [C+]1=Cc2c(n(-c3ccc4c(c3)c3cc(-n5c6ccccc6c6ccccc65)ccc3n4-c3ccc4[nH]c5ccccc5c4c3)c3ccccc23)C=C1. The summed E-state index contributed by atoms with van der Waals surface area (Å²) in [4.78, 5) is 3.61. The molecular weight excluding hydrogens is 633 g/mol. The maximum atomic E-state index is 3.61. The van der Waals surface area contributed by atoms with Crippen LogP contribution in [0.3, 0.4) is 0 Å². The summed E-state index contributed by atoms with van der Waals surface area (Å²) in [5.41, 5.74) is 14.1. The summed E-state index contributed by atoms with van der Waals surface area (Å²) in [5, 5.41) is 8.64.